The molecular formula is C37H50N2O7S2. The van der Waals surface area contributed by atoms with Crippen LogP contribution < -0.4 is 9.64 Å². The van der Waals surface area contributed by atoms with Crippen LogP contribution >= 0.6 is 11.8 Å². The molecule has 0 spiro atoms. The molecule has 0 saturated carbocycles. The van der Waals surface area contributed by atoms with E-state index in [0.29, 0.717) is 32.3 Å². The van der Waals surface area contributed by atoms with Crippen molar-refractivity contribution in [2.45, 2.75) is 56.5 Å². The lowest BCUT2D eigenvalue weighted by atomic mass is 9.85. The number of benzene rings is 3. The van der Waals surface area contributed by atoms with Gasteiger partial charge in [0.25, 0.3) is 0 Å². The lowest BCUT2D eigenvalue weighted by Crippen LogP contribution is -2.53. The Morgan fingerprint density at radius 2 is 1.77 bits per heavy atom. The van der Waals surface area contributed by atoms with Crippen molar-refractivity contribution in [1.29, 1.82) is 0 Å². The molecule has 0 amide bonds. The van der Waals surface area contributed by atoms with Crippen molar-refractivity contribution < 1.29 is 32.5 Å². The summed E-state index contributed by atoms with van der Waals surface area (Å²) < 4.78 is 52.6. The minimum Gasteiger partial charge on any atom is -0.490 e. The Hall–Kier alpha value is -2.64. The monoisotopic (exact) mass is 698 g/mol. The van der Waals surface area contributed by atoms with E-state index >= 15 is 0 Å². The normalized spacial score (nSPS) is 20.7. The maximum atomic E-state index is 13.8. The van der Waals surface area contributed by atoms with Gasteiger partial charge in [-0.05, 0) is 72.2 Å². The Bertz CT molecular complexity index is 1550. The molecule has 0 aromatic heterocycles. The van der Waals surface area contributed by atoms with Gasteiger partial charge in [0.05, 0.1) is 49.2 Å². The molecule has 4 atom stereocenters. The SMILES string of the molecule is COCCCN1CCOc2ccc(CO[C@H]3CN(S(=O)(=O)c4ccc(C)cc4)C[C@@H](O)[C@@H]3c3ccc(COC[C@@H](C)CSC)cc3)cc21. The van der Waals surface area contributed by atoms with E-state index in [2.05, 4.69) is 24.1 Å². The number of aliphatic hydroxyl groups excluding tert-OH is 1. The average molecular weight is 699 g/mol. The fourth-order valence-electron chi connectivity index (χ4n) is 6.40. The first-order valence-corrected chi connectivity index (χ1v) is 19.5. The van der Waals surface area contributed by atoms with E-state index in [0.717, 1.165) is 59.0 Å². The van der Waals surface area contributed by atoms with E-state index in [1.807, 2.05) is 55.1 Å². The molecule has 262 valence electrons. The van der Waals surface area contributed by atoms with Crippen LogP contribution in [0.25, 0.3) is 0 Å². The number of thioether (sulfide) groups is 1. The number of hydrogen-bond donors (Lipinski definition) is 1. The zero-order chi connectivity index (χ0) is 34.1. The number of nitrogens with zero attached hydrogens (tertiary/aromatic N) is 2. The topological polar surface area (TPSA) is 97.8 Å². The fourth-order valence-corrected chi connectivity index (χ4v) is 8.53. The summed E-state index contributed by atoms with van der Waals surface area (Å²) in [7, 11) is -2.14. The number of anilines is 1. The second-order valence-electron chi connectivity index (χ2n) is 12.9. The molecule has 1 saturated heterocycles. The summed E-state index contributed by atoms with van der Waals surface area (Å²) in [6.07, 6.45) is 1.45. The molecule has 1 N–H and O–H groups in total. The lowest BCUT2D eigenvalue weighted by Gasteiger charge is -2.41. The van der Waals surface area contributed by atoms with E-state index in [-0.39, 0.29) is 24.6 Å². The molecule has 2 heterocycles. The number of fused-ring (bicyclic) bond motifs is 1. The first kappa shape index (κ1) is 36.6. The number of aliphatic hydroxyl groups is 1. The minimum atomic E-state index is -3.85. The molecule has 11 heteroatoms. The Labute approximate surface area is 290 Å². The van der Waals surface area contributed by atoms with Crippen LogP contribution in [0.15, 0.2) is 71.6 Å². The van der Waals surface area contributed by atoms with Gasteiger partial charge in [-0.1, -0.05) is 55.0 Å². The summed E-state index contributed by atoms with van der Waals surface area (Å²) in [5.74, 6) is 1.96. The Morgan fingerprint density at radius 3 is 2.50 bits per heavy atom. The predicted octanol–water partition coefficient (Wildman–Crippen LogP) is 5.48. The number of sulfonamides is 1. The highest BCUT2D eigenvalue weighted by atomic mass is 32.2. The highest BCUT2D eigenvalue weighted by molar-refractivity contribution is 7.98. The molecule has 5 rings (SSSR count). The zero-order valence-corrected chi connectivity index (χ0v) is 30.2. The third kappa shape index (κ3) is 9.32. The van der Waals surface area contributed by atoms with Crippen LogP contribution in [0.1, 0.15) is 41.5 Å². The van der Waals surface area contributed by atoms with Gasteiger partial charge in [0.15, 0.2) is 0 Å². The first-order valence-electron chi connectivity index (χ1n) is 16.7. The van der Waals surface area contributed by atoms with Crippen LogP contribution in [-0.2, 0) is 37.4 Å². The van der Waals surface area contributed by atoms with E-state index in [1.165, 1.54) is 4.31 Å². The van der Waals surface area contributed by atoms with E-state index in [9.17, 15) is 13.5 Å². The molecule has 0 radical (unpaired) electrons. The predicted molar refractivity (Wildman–Crippen MR) is 192 cm³/mol. The maximum Gasteiger partial charge on any atom is 0.243 e. The van der Waals surface area contributed by atoms with Gasteiger partial charge in [-0.2, -0.15) is 16.1 Å². The van der Waals surface area contributed by atoms with Crippen LogP contribution in [-0.4, -0.2) is 95.2 Å². The zero-order valence-electron chi connectivity index (χ0n) is 28.5. The second-order valence-corrected chi connectivity index (χ2v) is 15.7. The first-order chi connectivity index (χ1) is 23.2. The summed E-state index contributed by atoms with van der Waals surface area (Å²) >= 11 is 1.82. The van der Waals surface area contributed by atoms with Crippen molar-refractivity contribution in [3.05, 3.63) is 89.0 Å². The number of β-amino-alcohol motifs (C(OH)–C–C–N with tert-alkyl or cyclic N) is 1. The molecule has 1 fully saturated rings. The third-order valence-electron chi connectivity index (χ3n) is 8.96. The summed E-state index contributed by atoms with van der Waals surface area (Å²) in [6.45, 7) is 8.64. The number of ether oxygens (including phenoxy) is 4. The van der Waals surface area contributed by atoms with E-state index in [4.69, 9.17) is 18.9 Å². The molecule has 0 bridgehead atoms. The molecule has 48 heavy (non-hydrogen) atoms. The van der Waals surface area contributed by atoms with Gasteiger partial charge in [-0.15, -0.1) is 0 Å². The number of hydrogen-bond acceptors (Lipinski definition) is 9. The molecule has 0 unspecified atom stereocenters. The second kappa shape index (κ2) is 17.3. The number of methoxy groups -OCH3 is 1. The van der Waals surface area contributed by atoms with Gasteiger partial charge in [0.2, 0.25) is 10.0 Å². The lowest BCUT2D eigenvalue weighted by molar-refractivity contribution is -0.0534. The fraction of sp³-hybridized carbons (Fsp3) is 0.514. The summed E-state index contributed by atoms with van der Waals surface area (Å²) in [6, 6.07) is 20.9. The average Bonchev–Trinajstić information content (AvgIpc) is 3.08. The molecule has 9 nitrogen and oxygen atoms in total. The summed E-state index contributed by atoms with van der Waals surface area (Å²) in [5.41, 5.74) is 4.90. The van der Waals surface area contributed by atoms with Gasteiger partial charge in [0, 0.05) is 39.3 Å². The van der Waals surface area contributed by atoms with Crippen LogP contribution in [0.5, 0.6) is 5.75 Å². The van der Waals surface area contributed by atoms with Crippen LogP contribution in [0.4, 0.5) is 5.69 Å². The van der Waals surface area contributed by atoms with E-state index in [1.54, 1.807) is 31.4 Å². The molecule has 3 aromatic carbocycles. The van der Waals surface area contributed by atoms with Crippen molar-refractivity contribution in [3.8, 4) is 5.75 Å². The largest absolute Gasteiger partial charge is 0.490 e. The standard InChI is InChI=1S/C37H50N2O7S2/c1-27-6-13-32(14-7-27)48(41,42)39-21-34(40)37(31-11-8-29(9-12-31)24-44-23-28(2)26-47-4)36(22-39)46-25-30-10-15-35-33(20-30)38(17-19-45-35)16-5-18-43-3/h6-15,20,28,34,36-37,40H,5,16-19,21-26H2,1-4H3/t28-,34-,36+,37+/m1/s1. The highest BCUT2D eigenvalue weighted by Gasteiger charge is 2.42. The van der Waals surface area contributed by atoms with Crippen molar-refractivity contribution >= 4 is 27.5 Å². The highest BCUT2D eigenvalue weighted by Crippen LogP contribution is 2.36. The number of aryl methyl sites for hydroxylation is 1. The van der Waals surface area contributed by atoms with Gasteiger partial charge >= 0.3 is 0 Å². The number of piperidine rings is 1. The van der Waals surface area contributed by atoms with Crippen molar-refractivity contribution in [2.24, 2.45) is 5.92 Å². The molecule has 0 aliphatic carbocycles. The Kier molecular flexibility index (Phi) is 13.2. The van der Waals surface area contributed by atoms with Crippen LogP contribution in [0, 0.1) is 12.8 Å². The van der Waals surface area contributed by atoms with Crippen LogP contribution in [0.2, 0.25) is 0 Å². The van der Waals surface area contributed by atoms with Gasteiger partial charge < -0.3 is 29.0 Å². The molecule has 3 aromatic rings. The van der Waals surface area contributed by atoms with Gasteiger partial charge in [0.1, 0.15) is 12.4 Å². The summed E-state index contributed by atoms with van der Waals surface area (Å²) in [4.78, 5) is 2.51. The van der Waals surface area contributed by atoms with Crippen molar-refractivity contribution in [3.63, 3.8) is 0 Å². The maximum absolute atomic E-state index is 13.8. The van der Waals surface area contributed by atoms with Crippen molar-refractivity contribution in [2.75, 3.05) is 70.0 Å². The Balaban J connectivity index is 1.35. The summed E-state index contributed by atoms with van der Waals surface area (Å²) in [5, 5.41) is 11.6. The quantitative estimate of drug-likeness (QED) is 0.195. The molecular weight excluding hydrogens is 649 g/mol. The van der Waals surface area contributed by atoms with Crippen LogP contribution in [0.3, 0.4) is 0 Å². The van der Waals surface area contributed by atoms with E-state index < -0.39 is 28.1 Å². The van der Waals surface area contributed by atoms with Gasteiger partial charge in [-0.3, -0.25) is 0 Å². The van der Waals surface area contributed by atoms with Gasteiger partial charge in [-0.25, -0.2) is 8.42 Å². The minimum absolute atomic E-state index is 0.0223. The molecule has 2 aliphatic heterocycles. The number of rotatable bonds is 16. The smallest absolute Gasteiger partial charge is 0.243 e. The van der Waals surface area contributed by atoms with Crippen molar-refractivity contribution in [1.82, 2.24) is 4.31 Å². The third-order valence-corrected chi connectivity index (χ3v) is 11.7. The Morgan fingerprint density at radius 1 is 1.02 bits per heavy atom. The molecule has 2 aliphatic rings.